The van der Waals surface area contributed by atoms with Crippen LogP contribution in [0.25, 0.3) is 10.8 Å². The summed E-state index contributed by atoms with van der Waals surface area (Å²) in [4.78, 5) is 23.8. The van der Waals surface area contributed by atoms with Crippen LogP contribution in [-0.4, -0.2) is 36.2 Å². The second-order valence-electron chi connectivity index (χ2n) is 5.66. The van der Waals surface area contributed by atoms with Gasteiger partial charge < -0.3 is 20.5 Å². The van der Waals surface area contributed by atoms with Crippen molar-refractivity contribution in [3.05, 3.63) is 36.4 Å². The third kappa shape index (κ3) is 4.70. The van der Waals surface area contributed by atoms with Crippen LogP contribution < -0.4 is 10.6 Å². The minimum absolute atomic E-state index is 0.123. The number of hydrogen-bond donors (Lipinski definition) is 3. The van der Waals surface area contributed by atoms with Crippen molar-refractivity contribution in [2.24, 2.45) is 0 Å². The normalized spacial score (nSPS) is 10.8. The van der Waals surface area contributed by atoms with Crippen molar-refractivity contribution in [1.82, 2.24) is 5.32 Å². The zero-order chi connectivity index (χ0) is 17.5. The van der Waals surface area contributed by atoms with E-state index in [-0.39, 0.29) is 11.9 Å². The van der Waals surface area contributed by atoms with Crippen LogP contribution in [0.1, 0.15) is 20.3 Å². The van der Waals surface area contributed by atoms with Crippen LogP contribution in [-0.2, 0) is 14.3 Å². The summed E-state index contributed by atoms with van der Waals surface area (Å²) in [6.07, 6.45) is 0.783. The highest BCUT2D eigenvalue weighted by Crippen LogP contribution is 2.29. The van der Waals surface area contributed by atoms with Crippen LogP contribution in [0.15, 0.2) is 36.4 Å². The Balaban J connectivity index is 1.92. The molecule has 0 fully saturated rings. The smallest absolute Gasteiger partial charge is 0.313 e. The monoisotopic (exact) mass is 330 g/mol. The maximum Gasteiger partial charge on any atom is 0.313 e. The molecule has 0 radical (unpaired) electrons. The Morgan fingerprint density at radius 2 is 1.79 bits per heavy atom. The molecule has 128 valence electrons. The van der Waals surface area contributed by atoms with Gasteiger partial charge in [0.1, 0.15) is 5.75 Å². The van der Waals surface area contributed by atoms with E-state index in [2.05, 4.69) is 10.6 Å². The summed E-state index contributed by atoms with van der Waals surface area (Å²) in [5, 5.41) is 16.3. The summed E-state index contributed by atoms with van der Waals surface area (Å²) >= 11 is 0. The zero-order valence-electron chi connectivity index (χ0n) is 13.8. The van der Waals surface area contributed by atoms with Crippen LogP contribution in [0.3, 0.4) is 0 Å². The molecule has 0 spiro atoms. The molecule has 0 aliphatic rings. The molecule has 2 amide bonds. The molecule has 0 aliphatic carbocycles. The highest BCUT2D eigenvalue weighted by molar-refractivity contribution is 6.40. The van der Waals surface area contributed by atoms with Gasteiger partial charge >= 0.3 is 11.8 Å². The van der Waals surface area contributed by atoms with Gasteiger partial charge in [-0.25, -0.2) is 0 Å². The van der Waals surface area contributed by atoms with Gasteiger partial charge in [0, 0.05) is 29.6 Å². The molecule has 24 heavy (non-hydrogen) atoms. The molecule has 0 unspecified atom stereocenters. The number of carbonyl (C=O) groups excluding carboxylic acids is 2. The van der Waals surface area contributed by atoms with E-state index in [0.717, 1.165) is 0 Å². The summed E-state index contributed by atoms with van der Waals surface area (Å²) in [6, 6.07) is 10.2. The second-order valence-corrected chi connectivity index (χ2v) is 5.66. The number of anilines is 1. The van der Waals surface area contributed by atoms with Crippen molar-refractivity contribution in [1.29, 1.82) is 0 Å². The van der Waals surface area contributed by atoms with Crippen LogP contribution in [0.2, 0.25) is 0 Å². The first kappa shape index (κ1) is 17.7. The number of aromatic hydroxyl groups is 1. The highest BCUT2D eigenvalue weighted by atomic mass is 16.5. The molecule has 2 rings (SSSR count). The van der Waals surface area contributed by atoms with Crippen LogP contribution >= 0.6 is 0 Å². The van der Waals surface area contributed by atoms with Crippen molar-refractivity contribution in [2.75, 3.05) is 18.5 Å². The number of carbonyl (C=O) groups is 2. The average molecular weight is 330 g/mol. The van der Waals surface area contributed by atoms with Gasteiger partial charge in [-0.3, -0.25) is 9.59 Å². The fourth-order valence-electron chi connectivity index (χ4n) is 2.25. The number of hydrogen-bond acceptors (Lipinski definition) is 4. The first-order chi connectivity index (χ1) is 11.5. The van der Waals surface area contributed by atoms with E-state index in [9.17, 15) is 14.7 Å². The molecular formula is C18H22N2O4. The van der Waals surface area contributed by atoms with Gasteiger partial charge in [0.25, 0.3) is 0 Å². The predicted molar refractivity (Wildman–Crippen MR) is 93.0 cm³/mol. The number of nitrogens with one attached hydrogen (secondary N) is 2. The van der Waals surface area contributed by atoms with Gasteiger partial charge in [0.05, 0.1) is 6.10 Å². The number of amides is 2. The van der Waals surface area contributed by atoms with Crippen molar-refractivity contribution in [3.63, 3.8) is 0 Å². The molecule has 0 atom stereocenters. The molecule has 3 N–H and O–H groups in total. The van der Waals surface area contributed by atoms with Crippen molar-refractivity contribution < 1.29 is 19.4 Å². The molecule has 0 heterocycles. The molecule has 6 nitrogen and oxygen atoms in total. The Morgan fingerprint density at radius 1 is 1.08 bits per heavy atom. The van der Waals surface area contributed by atoms with Gasteiger partial charge in [-0.05, 0) is 32.4 Å². The van der Waals surface area contributed by atoms with E-state index in [0.29, 0.717) is 36.0 Å². The van der Waals surface area contributed by atoms with Crippen molar-refractivity contribution >= 4 is 28.3 Å². The topological polar surface area (TPSA) is 87.7 Å². The minimum Gasteiger partial charge on any atom is -0.507 e. The molecule has 2 aromatic rings. The summed E-state index contributed by atoms with van der Waals surface area (Å²) in [6.45, 7) is 4.78. The molecule has 0 saturated heterocycles. The van der Waals surface area contributed by atoms with Crippen LogP contribution in [0, 0.1) is 0 Å². The van der Waals surface area contributed by atoms with Crippen molar-refractivity contribution in [2.45, 2.75) is 26.4 Å². The summed E-state index contributed by atoms with van der Waals surface area (Å²) in [5.41, 5.74) is 0.478. The Hall–Kier alpha value is -2.60. The van der Waals surface area contributed by atoms with Gasteiger partial charge in [-0.1, -0.05) is 24.3 Å². The van der Waals surface area contributed by atoms with E-state index < -0.39 is 11.8 Å². The molecular weight excluding hydrogens is 308 g/mol. The Morgan fingerprint density at radius 3 is 2.54 bits per heavy atom. The Labute approximate surface area is 140 Å². The molecule has 0 aliphatic heterocycles. The third-order valence-corrected chi connectivity index (χ3v) is 3.41. The summed E-state index contributed by atoms with van der Waals surface area (Å²) in [5.74, 6) is -1.31. The van der Waals surface area contributed by atoms with Crippen LogP contribution in [0.4, 0.5) is 5.69 Å². The maximum atomic E-state index is 12.0. The second kappa shape index (κ2) is 8.31. The number of ether oxygens (including phenoxy) is 1. The molecule has 0 saturated carbocycles. The fraction of sp³-hybridized carbons (Fsp3) is 0.333. The Kier molecular flexibility index (Phi) is 6.14. The average Bonchev–Trinajstić information content (AvgIpc) is 2.55. The van der Waals surface area contributed by atoms with E-state index in [1.807, 2.05) is 13.8 Å². The molecule has 6 heteroatoms. The molecule has 2 aromatic carbocycles. The lowest BCUT2D eigenvalue weighted by Crippen LogP contribution is -2.36. The van der Waals surface area contributed by atoms with E-state index in [1.165, 1.54) is 0 Å². The molecule has 0 aromatic heterocycles. The lowest BCUT2D eigenvalue weighted by Gasteiger charge is -2.10. The number of phenolic OH excluding ortho intramolecular Hbond substituents is 1. The lowest BCUT2D eigenvalue weighted by molar-refractivity contribution is -0.136. The van der Waals surface area contributed by atoms with E-state index in [4.69, 9.17) is 4.74 Å². The van der Waals surface area contributed by atoms with Gasteiger partial charge in [0.15, 0.2) is 0 Å². The minimum atomic E-state index is -0.740. The summed E-state index contributed by atoms with van der Waals surface area (Å²) < 4.78 is 5.36. The quantitative estimate of drug-likeness (QED) is 0.561. The molecule has 0 bridgehead atoms. The van der Waals surface area contributed by atoms with Gasteiger partial charge in [0.2, 0.25) is 0 Å². The number of phenols is 1. The van der Waals surface area contributed by atoms with Gasteiger partial charge in [-0.15, -0.1) is 0 Å². The summed E-state index contributed by atoms with van der Waals surface area (Å²) in [7, 11) is 0. The van der Waals surface area contributed by atoms with Crippen molar-refractivity contribution in [3.8, 4) is 5.75 Å². The predicted octanol–water partition coefficient (Wildman–Crippen LogP) is 2.42. The van der Waals surface area contributed by atoms with Crippen LogP contribution in [0.5, 0.6) is 5.75 Å². The SMILES string of the molecule is CC(C)OCCCNC(=O)C(=O)Nc1cccc2c(O)cccc12. The maximum absolute atomic E-state index is 12.0. The Bertz CT molecular complexity index is 728. The first-order valence-corrected chi connectivity index (χ1v) is 7.90. The standard InChI is InChI=1S/C18H22N2O4/c1-12(2)24-11-5-10-19-17(22)18(23)20-15-8-3-7-14-13(15)6-4-9-16(14)21/h3-4,6-9,12,21H,5,10-11H2,1-2H3,(H,19,22)(H,20,23). The first-order valence-electron chi connectivity index (χ1n) is 7.90. The fourth-order valence-corrected chi connectivity index (χ4v) is 2.25. The number of rotatable bonds is 6. The lowest BCUT2D eigenvalue weighted by atomic mass is 10.1. The van der Waals surface area contributed by atoms with Gasteiger partial charge in [-0.2, -0.15) is 0 Å². The number of benzene rings is 2. The zero-order valence-corrected chi connectivity index (χ0v) is 13.8. The third-order valence-electron chi connectivity index (χ3n) is 3.41. The largest absolute Gasteiger partial charge is 0.507 e. The van der Waals surface area contributed by atoms with E-state index in [1.54, 1.807) is 36.4 Å². The highest BCUT2D eigenvalue weighted by Gasteiger charge is 2.14. The van der Waals surface area contributed by atoms with E-state index >= 15 is 0 Å². The number of fused-ring (bicyclic) bond motifs is 1.